The molecule has 0 saturated heterocycles. The van der Waals surface area contributed by atoms with Gasteiger partial charge in [0.15, 0.2) is 0 Å². The van der Waals surface area contributed by atoms with Crippen molar-refractivity contribution in [2.24, 2.45) is 7.05 Å². The van der Waals surface area contributed by atoms with Crippen LogP contribution in [0.15, 0.2) is 48.8 Å². The number of para-hydroxylation sites is 1. The normalized spacial score (nSPS) is 13.9. The maximum Gasteiger partial charge on any atom is 0.246 e. The van der Waals surface area contributed by atoms with E-state index in [1.807, 2.05) is 25.2 Å². The number of carbonyl (C=O) groups is 2. The smallest absolute Gasteiger partial charge is 0.246 e. The monoisotopic (exact) mass is 388 g/mol. The minimum absolute atomic E-state index is 0.00443. The Labute approximate surface area is 169 Å². The molecule has 6 nitrogen and oxygen atoms in total. The molecule has 0 spiro atoms. The Kier molecular flexibility index (Phi) is 5.16. The third-order valence-corrected chi connectivity index (χ3v) is 5.28. The summed E-state index contributed by atoms with van der Waals surface area (Å²) in [5.41, 5.74) is 4.14. The molecule has 1 aromatic carbocycles. The third kappa shape index (κ3) is 4.06. The van der Waals surface area contributed by atoms with Crippen LogP contribution in [0.1, 0.15) is 29.5 Å². The number of aryl methyl sites for hydroxylation is 2. The Morgan fingerprint density at radius 2 is 2.14 bits per heavy atom. The number of aromatic nitrogens is 2. The number of fused-ring (bicyclic) bond motifs is 2. The predicted octanol–water partition coefficient (Wildman–Crippen LogP) is 3.52. The predicted molar refractivity (Wildman–Crippen MR) is 114 cm³/mol. The summed E-state index contributed by atoms with van der Waals surface area (Å²) in [6, 6.07) is 10.2. The number of pyridine rings is 1. The molecule has 3 heterocycles. The highest BCUT2D eigenvalue weighted by Crippen LogP contribution is 2.22. The number of likely N-dealkylation sites (N-methyl/N-ethyl adjacent to an activating group) is 1. The maximum absolute atomic E-state index is 12.6. The van der Waals surface area contributed by atoms with E-state index in [1.54, 1.807) is 30.3 Å². The van der Waals surface area contributed by atoms with E-state index < -0.39 is 0 Å². The van der Waals surface area contributed by atoms with Crippen molar-refractivity contribution in [1.29, 1.82) is 0 Å². The molecule has 0 bridgehead atoms. The SMILES string of the molecule is CN(Cc1cn(C)c2ccccc12)C(=O)C=Cc1cnc2c(c1)CCCC(=O)N2. The summed E-state index contributed by atoms with van der Waals surface area (Å²) >= 11 is 0. The summed E-state index contributed by atoms with van der Waals surface area (Å²) in [4.78, 5) is 30.3. The highest BCUT2D eigenvalue weighted by atomic mass is 16.2. The van der Waals surface area contributed by atoms with E-state index in [1.165, 1.54) is 0 Å². The fourth-order valence-electron chi connectivity index (χ4n) is 3.74. The van der Waals surface area contributed by atoms with Gasteiger partial charge in [-0.2, -0.15) is 0 Å². The molecule has 1 N–H and O–H groups in total. The summed E-state index contributed by atoms with van der Waals surface area (Å²) in [7, 11) is 3.82. The van der Waals surface area contributed by atoms with E-state index >= 15 is 0 Å². The van der Waals surface area contributed by atoms with Gasteiger partial charge in [0.25, 0.3) is 0 Å². The maximum atomic E-state index is 12.6. The van der Waals surface area contributed by atoms with Gasteiger partial charge in [0.2, 0.25) is 11.8 Å². The van der Waals surface area contributed by atoms with Gasteiger partial charge >= 0.3 is 0 Å². The van der Waals surface area contributed by atoms with Crippen LogP contribution in [-0.2, 0) is 29.6 Å². The van der Waals surface area contributed by atoms with Gasteiger partial charge in [0.05, 0.1) is 0 Å². The van der Waals surface area contributed by atoms with Crippen molar-refractivity contribution in [2.45, 2.75) is 25.8 Å². The lowest BCUT2D eigenvalue weighted by Gasteiger charge is -2.14. The molecule has 0 saturated carbocycles. The summed E-state index contributed by atoms with van der Waals surface area (Å²) in [6.45, 7) is 0.541. The third-order valence-electron chi connectivity index (χ3n) is 5.28. The zero-order valence-electron chi connectivity index (χ0n) is 16.7. The van der Waals surface area contributed by atoms with Crippen molar-refractivity contribution >= 4 is 34.6 Å². The van der Waals surface area contributed by atoms with Crippen molar-refractivity contribution in [2.75, 3.05) is 12.4 Å². The van der Waals surface area contributed by atoms with Crippen molar-refractivity contribution in [3.8, 4) is 0 Å². The molecule has 0 radical (unpaired) electrons. The first kappa shape index (κ1) is 18.9. The minimum Gasteiger partial charge on any atom is -0.350 e. The lowest BCUT2D eigenvalue weighted by atomic mass is 10.1. The number of benzene rings is 1. The van der Waals surface area contributed by atoms with Gasteiger partial charge in [-0.1, -0.05) is 18.2 Å². The first-order chi connectivity index (χ1) is 14.0. The molecule has 2 aromatic heterocycles. The zero-order chi connectivity index (χ0) is 20.4. The topological polar surface area (TPSA) is 67.2 Å². The Balaban J connectivity index is 1.46. The van der Waals surface area contributed by atoms with Crippen LogP contribution in [0.5, 0.6) is 0 Å². The van der Waals surface area contributed by atoms with Crippen molar-refractivity contribution in [3.05, 3.63) is 65.5 Å². The van der Waals surface area contributed by atoms with Crippen LogP contribution in [0.3, 0.4) is 0 Å². The van der Waals surface area contributed by atoms with Gasteiger partial charge in [0, 0.05) is 56.4 Å². The van der Waals surface area contributed by atoms with Crippen LogP contribution in [0, 0.1) is 0 Å². The Morgan fingerprint density at radius 3 is 3.00 bits per heavy atom. The molecule has 0 aliphatic carbocycles. The van der Waals surface area contributed by atoms with Crippen LogP contribution in [0.4, 0.5) is 5.82 Å². The van der Waals surface area contributed by atoms with Gasteiger partial charge in [-0.05, 0) is 47.7 Å². The summed E-state index contributed by atoms with van der Waals surface area (Å²) in [5, 5.41) is 3.99. The van der Waals surface area contributed by atoms with Crippen LogP contribution in [0.25, 0.3) is 17.0 Å². The lowest BCUT2D eigenvalue weighted by molar-refractivity contribution is -0.125. The molecule has 0 atom stereocenters. The fraction of sp³-hybridized carbons (Fsp3) is 0.261. The van der Waals surface area contributed by atoms with Crippen LogP contribution < -0.4 is 5.32 Å². The van der Waals surface area contributed by atoms with Crippen LogP contribution in [-0.4, -0.2) is 33.3 Å². The van der Waals surface area contributed by atoms with E-state index in [2.05, 4.69) is 33.2 Å². The summed E-state index contributed by atoms with van der Waals surface area (Å²) in [5.74, 6) is 0.565. The Hall–Kier alpha value is -3.41. The standard InChI is InChI=1S/C23H24N4O2/c1-26-14-18(19-7-3-4-8-20(19)26)15-27(2)22(29)11-10-16-12-17-6-5-9-21(28)25-23(17)24-13-16/h3-4,7-8,10-14H,5-6,9,15H2,1-2H3,(H,24,25,28). The second-order valence-corrected chi connectivity index (χ2v) is 7.49. The van der Waals surface area contributed by atoms with Crippen LogP contribution >= 0.6 is 0 Å². The molecule has 29 heavy (non-hydrogen) atoms. The van der Waals surface area contributed by atoms with E-state index in [9.17, 15) is 9.59 Å². The van der Waals surface area contributed by atoms with E-state index in [0.29, 0.717) is 18.8 Å². The quantitative estimate of drug-likeness (QED) is 0.696. The molecule has 6 heteroatoms. The Morgan fingerprint density at radius 1 is 1.31 bits per heavy atom. The van der Waals surface area contributed by atoms with E-state index in [4.69, 9.17) is 0 Å². The number of hydrogen-bond donors (Lipinski definition) is 1. The molecule has 0 unspecified atom stereocenters. The molecule has 2 amide bonds. The number of carbonyl (C=O) groups excluding carboxylic acids is 2. The van der Waals surface area contributed by atoms with Crippen LogP contribution in [0.2, 0.25) is 0 Å². The summed E-state index contributed by atoms with van der Waals surface area (Å²) in [6.07, 6.45) is 9.23. The van der Waals surface area contributed by atoms with Gasteiger partial charge in [0.1, 0.15) is 5.82 Å². The van der Waals surface area contributed by atoms with Gasteiger partial charge in [-0.15, -0.1) is 0 Å². The molecular formula is C23H24N4O2. The molecular weight excluding hydrogens is 364 g/mol. The van der Waals surface area contributed by atoms with E-state index in [0.717, 1.165) is 40.4 Å². The molecule has 4 rings (SSSR count). The van der Waals surface area contributed by atoms with E-state index in [-0.39, 0.29) is 11.8 Å². The molecule has 148 valence electrons. The number of amides is 2. The number of nitrogens with one attached hydrogen (secondary N) is 1. The van der Waals surface area contributed by atoms with Gasteiger partial charge < -0.3 is 14.8 Å². The van der Waals surface area contributed by atoms with Gasteiger partial charge in [-0.3, -0.25) is 9.59 Å². The number of anilines is 1. The van der Waals surface area contributed by atoms with Gasteiger partial charge in [-0.25, -0.2) is 4.98 Å². The van der Waals surface area contributed by atoms with Crippen molar-refractivity contribution < 1.29 is 9.59 Å². The lowest BCUT2D eigenvalue weighted by Crippen LogP contribution is -2.24. The summed E-state index contributed by atoms with van der Waals surface area (Å²) < 4.78 is 2.08. The highest BCUT2D eigenvalue weighted by Gasteiger charge is 2.14. The number of rotatable bonds is 4. The Bertz CT molecular complexity index is 1110. The second kappa shape index (κ2) is 7.91. The molecule has 0 fully saturated rings. The number of hydrogen-bond acceptors (Lipinski definition) is 3. The molecule has 1 aliphatic heterocycles. The zero-order valence-corrected chi connectivity index (χ0v) is 16.7. The second-order valence-electron chi connectivity index (χ2n) is 7.49. The van der Waals surface area contributed by atoms with Crippen molar-refractivity contribution in [3.63, 3.8) is 0 Å². The number of nitrogens with zero attached hydrogens (tertiary/aromatic N) is 3. The van der Waals surface area contributed by atoms with Crippen molar-refractivity contribution in [1.82, 2.24) is 14.5 Å². The highest BCUT2D eigenvalue weighted by molar-refractivity contribution is 5.93. The molecule has 1 aliphatic rings. The fourth-order valence-corrected chi connectivity index (χ4v) is 3.74. The first-order valence-corrected chi connectivity index (χ1v) is 9.76. The largest absolute Gasteiger partial charge is 0.350 e. The average Bonchev–Trinajstić information content (AvgIpc) is 2.90. The minimum atomic E-state index is -0.0684. The molecule has 3 aromatic rings. The average molecular weight is 388 g/mol. The first-order valence-electron chi connectivity index (χ1n) is 9.76.